The molecule has 0 aliphatic rings. The minimum absolute atomic E-state index is 1.11. The minimum atomic E-state index is -2.06. The first-order chi connectivity index (χ1) is 4.96. The van der Waals surface area contributed by atoms with Crippen molar-refractivity contribution in [1.29, 1.82) is 0 Å². The van der Waals surface area contributed by atoms with E-state index in [1.165, 1.54) is 0 Å². The van der Waals surface area contributed by atoms with Crippen LogP contribution in [-0.2, 0) is 82.8 Å². The smallest absolute Gasteiger partial charge is 0.0380 e. The molecule has 0 atom stereocenters. The summed E-state index contributed by atoms with van der Waals surface area (Å²) < 4.78 is 0. The summed E-state index contributed by atoms with van der Waals surface area (Å²) >= 11 is 37.9. The molecule has 0 saturated carbocycles. The minimum Gasteiger partial charge on any atom is -0.0921 e. The van der Waals surface area contributed by atoms with E-state index in [2.05, 4.69) is 23.3 Å². The number of rotatable bonds is 3. The van der Waals surface area contributed by atoms with E-state index in [1.807, 2.05) is 0 Å². The fraction of sp³-hybridized carbons (Fsp3) is 0. The summed E-state index contributed by atoms with van der Waals surface area (Å²) in [4.78, 5) is 0. The molecule has 0 heterocycles. The Bertz CT molecular complexity index is 430. The van der Waals surface area contributed by atoms with Gasteiger partial charge < -0.3 is 0 Å². The Hall–Kier alpha value is 3.42. The van der Waals surface area contributed by atoms with Crippen LogP contribution in [0.5, 0.6) is 0 Å². The number of hydrogen-bond donors (Lipinski definition) is 2. The molecular formula is H2S12. The lowest BCUT2D eigenvalue weighted by atomic mass is 30.0. The van der Waals surface area contributed by atoms with Gasteiger partial charge in [-0.15, -0.1) is 0 Å². The van der Waals surface area contributed by atoms with Gasteiger partial charge in [0.1, 0.15) is 0 Å². The first-order valence-electron chi connectivity index (χ1n) is 1.87. The van der Waals surface area contributed by atoms with Crippen LogP contribution in [0.15, 0.2) is 0 Å². The van der Waals surface area contributed by atoms with E-state index >= 15 is 0 Å². The highest BCUT2D eigenvalue weighted by atomic mass is 34.2. The van der Waals surface area contributed by atoms with E-state index in [0.29, 0.717) is 0 Å². The van der Waals surface area contributed by atoms with Crippen molar-refractivity contribution in [3.8, 4) is 0 Å². The van der Waals surface area contributed by atoms with E-state index in [4.69, 9.17) is 67.1 Å². The molecule has 0 fully saturated rings. The summed E-state index contributed by atoms with van der Waals surface area (Å²) in [7, 11) is 1.11. The van der Waals surface area contributed by atoms with E-state index in [0.717, 1.165) is 9.83 Å². The van der Waals surface area contributed by atoms with Gasteiger partial charge in [0.05, 0.1) is 0 Å². The zero-order valence-electron chi connectivity index (χ0n) is 4.98. The third-order valence-corrected chi connectivity index (χ3v) is 34.6. The molecule has 0 spiro atoms. The maximum atomic E-state index is 5.08. The van der Waals surface area contributed by atoms with Gasteiger partial charge in [0.2, 0.25) is 0 Å². The molecule has 0 aromatic carbocycles. The normalized spacial score (nSPS) is 14.5. The van der Waals surface area contributed by atoms with Crippen LogP contribution in [0, 0.1) is 0 Å². The van der Waals surface area contributed by atoms with Crippen molar-refractivity contribution >= 4 is 116 Å². The zero-order chi connectivity index (χ0) is 10.2. The van der Waals surface area contributed by atoms with Gasteiger partial charge in [0, 0.05) is 25.5 Å². The first kappa shape index (κ1) is 15.4. The van der Waals surface area contributed by atoms with Gasteiger partial charge in [-0.2, -0.15) is 0 Å². The lowest BCUT2D eigenvalue weighted by molar-refractivity contribution is 5.30. The SMILES string of the molecule is S=S(=S)(S)SS(=S)(=S)S(=S)(=S)S. The molecule has 0 rings (SSSR count). The summed E-state index contributed by atoms with van der Waals surface area (Å²) in [5, 5.41) is -6.02. The van der Waals surface area contributed by atoms with Gasteiger partial charge >= 0.3 is 0 Å². The fourth-order valence-electron chi connectivity index (χ4n) is 0.140. The van der Waals surface area contributed by atoms with Crippen molar-refractivity contribution in [1.82, 2.24) is 0 Å². The largest absolute Gasteiger partial charge is 0.0921 e. The monoisotopic (exact) mass is 386 g/mol. The van der Waals surface area contributed by atoms with Gasteiger partial charge in [0.15, 0.2) is 0 Å². The van der Waals surface area contributed by atoms with Crippen molar-refractivity contribution in [2.75, 3.05) is 0 Å². The Morgan fingerprint density at radius 2 is 1.17 bits per heavy atom. The lowest BCUT2D eigenvalue weighted by Crippen LogP contribution is -1.99. The summed E-state index contributed by atoms with van der Waals surface area (Å²) in [6.45, 7) is 0. The molecule has 0 N–H and O–H groups in total. The molecule has 0 nitrogen and oxygen atoms in total. The van der Waals surface area contributed by atoms with Crippen LogP contribution in [0.1, 0.15) is 0 Å². The van der Waals surface area contributed by atoms with Crippen LogP contribution < -0.4 is 0 Å². The van der Waals surface area contributed by atoms with Crippen LogP contribution in [0.4, 0.5) is 0 Å². The molecule has 0 unspecified atom stereocenters. The molecule has 0 aliphatic carbocycles. The van der Waals surface area contributed by atoms with Crippen LogP contribution in [-0.4, -0.2) is 0 Å². The van der Waals surface area contributed by atoms with Gasteiger partial charge in [0.25, 0.3) is 0 Å². The predicted octanol–water partition coefficient (Wildman–Crippen LogP) is 1.39. The Kier molecular flexibility index (Phi) is 6.64. The molecule has 0 radical (unpaired) electrons. The van der Waals surface area contributed by atoms with Crippen molar-refractivity contribution in [2.24, 2.45) is 0 Å². The van der Waals surface area contributed by atoms with Crippen LogP contribution in [0.25, 0.3) is 0 Å². The fourth-order valence-corrected chi connectivity index (χ4v) is 34.1. The first-order valence-corrected chi connectivity index (χ1v) is 16.8. The van der Waals surface area contributed by atoms with E-state index in [9.17, 15) is 0 Å². The van der Waals surface area contributed by atoms with Crippen LogP contribution in [0.3, 0.4) is 0 Å². The van der Waals surface area contributed by atoms with E-state index in [-0.39, 0.29) is 0 Å². The van der Waals surface area contributed by atoms with Crippen molar-refractivity contribution in [2.45, 2.75) is 0 Å². The lowest BCUT2D eigenvalue weighted by Gasteiger charge is -2.11. The third kappa shape index (κ3) is 6.10. The predicted molar refractivity (Wildman–Crippen MR) is 91.8 cm³/mol. The highest BCUT2D eigenvalue weighted by Crippen LogP contribution is 2.32. The summed E-state index contributed by atoms with van der Waals surface area (Å²) in [5.74, 6) is 0. The number of thiol groups is 2. The Labute approximate surface area is 114 Å². The van der Waals surface area contributed by atoms with Crippen molar-refractivity contribution in [3.05, 3.63) is 0 Å². The summed E-state index contributed by atoms with van der Waals surface area (Å²) in [5.41, 5.74) is 0. The molecule has 74 valence electrons. The maximum absolute atomic E-state index is 5.08. The van der Waals surface area contributed by atoms with Gasteiger partial charge in [-0.05, 0) is 67.1 Å². The second kappa shape index (κ2) is 5.17. The number of hydrogen-bond acceptors (Lipinski definition) is 7. The van der Waals surface area contributed by atoms with E-state index < -0.39 is 15.6 Å². The summed E-state index contributed by atoms with van der Waals surface area (Å²) in [6.07, 6.45) is 0. The second-order valence-electron chi connectivity index (χ2n) is 1.33. The molecule has 0 amide bonds. The second-order valence-corrected chi connectivity index (χ2v) is 36.0. The quantitative estimate of drug-likeness (QED) is 0.548. The van der Waals surface area contributed by atoms with Gasteiger partial charge in [-0.1, -0.05) is 23.3 Å². The molecule has 0 aromatic heterocycles. The van der Waals surface area contributed by atoms with Gasteiger partial charge in [-0.3, -0.25) is 0 Å². The maximum Gasteiger partial charge on any atom is 0.0380 e. The average molecular weight is 387 g/mol. The van der Waals surface area contributed by atoms with E-state index in [1.54, 1.807) is 0 Å². The Morgan fingerprint density at radius 3 is 1.25 bits per heavy atom. The highest BCUT2D eigenvalue weighted by molar-refractivity contribution is 9.55. The van der Waals surface area contributed by atoms with Gasteiger partial charge in [-0.25, -0.2) is 0 Å². The molecule has 0 bridgehead atoms. The third-order valence-electron chi connectivity index (χ3n) is 0.427. The Balaban J connectivity index is 5.25. The molecule has 0 aliphatic heterocycles. The summed E-state index contributed by atoms with van der Waals surface area (Å²) in [6, 6.07) is 0. The Morgan fingerprint density at radius 1 is 0.833 bits per heavy atom. The van der Waals surface area contributed by atoms with Crippen LogP contribution >= 0.6 is 33.1 Å². The molecule has 0 saturated heterocycles. The molecular weight excluding hydrogens is 385 g/mol. The zero-order valence-corrected chi connectivity index (χ0v) is 14.9. The highest BCUT2D eigenvalue weighted by Gasteiger charge is 2.13. The average Bonchev–Trinajstić information content (AvgIpc) is 1.52. The van der Waals surface area contributed by atoms with Crippen LogP contribution in [0.2, 0.25) is 0 Å². The van der Waals surface area contributed by atoms with Crippen molar-refractivity contribution < 1.29 is 0 Å². The van der Waals surface area contributed by atoms with Crippen molar-refractivity contribution in [3.63, 3.8) is 0 Å². The standard InChI is InChI=1S/H2S12/c1-10(2,3)9-12(7,8)11(4,5)6/h(H,1,2,3)(H,4,5,6). The topological polar surface area (TPSA) is 0 Å². The molecule has 12 heteroatoms. The molecule has 0 aromatic rings. The molecule has 12 heavy (non-hydrogen) atoms.